The quantitative estimate of drug-likeness (QED) is 0.602. The van der Waals surface area contributed by atoms with E-state index in [9.17, 15) is 8.42 Å². The molecule has 0 fully saturated rings. The van der Waals surface area contributed by atoms with Gasteiger partial charge in [0.05, 0.1) is 26.0 Å². The predicted octanol–water partition coefficient (Wildman–Crippen LogP) is 4.48. The Balaban J connectivity index is 1.86. The Morgan fingerprint density at radius 3 is 2.41 bits per heavy atom. The van der Waals surface area contributed by atoms with E-state index in [-0.39, 0.29) is 11.5 Å². The predicted molar refractivity (Wildman–Crippen MR) is 107 cm³/mol. The Hall–Kier alpha value is -1.80. The lowest BCUT2D eigenvalue weighted by atomic mass is 10.3. The lowest BCUT2D eigenvalue weighted by molar-refractivity contribution is 0.298. The first kappa shape index (κ1) is 19.9. The number of hydrogen-bond acceptors (Lipinski definition) is 4. The number of aromatic amines is 1. The van der Waals surface area contributed by atoms with Gasteiger partial charge in [-0.15, -0.1) is 0 Å². The zero-order valence-electron chi connectivity index (χ0n) is 14.9. The molecule has 3 rings (SSSR count). The number of para-hydroxylation sites is 1. The zero-order valence-corrected chi connectivity index (χ0v) is 17.2. The molecule has 6 nitrogen and oxygen atoms in total. The first-order chi connectivity index (χ1) is 12.9. The average molecular weight is 428 g/mol. The molecule has 27 heavy (non-hydrogen) atoms. The Bertz CT molecular complexity index is 1040. The van der Waals surface area contributed by atoms with Crippen LogP contribution in [0.1, 0.15) is 19.7 Å². The highest BCUT2D eigenvalue weighted by atomic mass is 35.5. The molecule has 0 aliphatic rings. The second-order valence-corrected chi connectivity index (χ2v) is 8.54. The number of sulfonamides is 1. The maximum absolute atomic E-state index is 12.7. The molecule has 0 aliphatic heterocycles. The maximum atomic E-state index is 12.7. The molecule has 0 radical (unpaired) electrons. The Morgan fingerprint density at radius 1 is 1.11 bits per heavy atom. The van der Waals surface area contributed by atoms with Gasteiger partial charge in [-0.05, 0) is 30.3 Å². The fraction of sp³-hybridized carbons (Fsp3) is 0.278. The maximum Gasteiger partial charge on any atom is 0.243 e. The van der Waals surface area contributed by atoms with Crippen molar-refractivity contribution in [2.45, 2.75) is 25.3 Å². The number of ether oxygens (including phenoxy) is 1. The molecule has 1 heterocycles. The molecule has 0 bridgehead atoms. The third-order valence-electron chi connectivity index (χ3n) is 4.12. The summed E-state index contributed by atoms with van der Waals surface area (Å²) in [5.74, 6) is 0.921. The van der Waals surface area contributed by atoms with Crippen LogP contribution in [0.4, 0.5) is 0 Å². The summed E-state index contributed by atoms with van der Waals surface area (Å²) in [6, 6.07) is 9.93. The van der Waals surface area contributed by atoms with E-state index >= 15 is 0 Å². The van der Waals surface area contributed by atoms with E-state index in [0.717, 1.165) is 0 Å². The van der Waals surface area contributed by atoms with Gasteiger partial charge in [-0.25, -0.2) is 13.4 Å². The van der Waals surface area contributed by atoms with Gasteiger partial charge in [0.15, 0.2) is 5.75 Å². The van der Waals surface area contributed by atoms with Crippen molar-refractivity contribution in [3.63, 3.8) is 0 Å². The van der Waals surface area contributed by atoms with Crippen molar-refractivity contribution in [1.29, 1.82) is 0 Å². The lowest BCUT2D eigenvalue weighted by Crippen LogP contribution is -2.30. The molecular weight excluding hydrogens is 409 g/mol. The number of halogens is 2. The summed E-state index contributed by atoms with van der Waals surface area (Å²) in [6.45, 7) is 4.57. The number of rotatable bonds is 7. The molecule has 2 aromatic carbocycles. The van der Waals surface area contributed by atoms with Gasteiger partial charge >= 0.3 is 0 Å². The number of hydrogen-bond donors (Lipinski definition) is 1. The van der Waals surface area contributed by atoms with Crippen LogP contribution in [0.25, 0.3) is 11.0 Å². The molecule has 0 atom stereocenters. The monoisotopic (exact) mass is 427 g/mol. The van der Waals surface area contributed by atoms with Crippen molar-refractivity contribution in [3.05, 3.63) is 52.3 Å². The number of nitrogens with one attached hydrogen (secondary N) is 1. The highest BCUT2D eigenvalue weighted by Crippen LogP contribution is 2.33. The largest absolute Gasteiger partial charge is 0.483 e. The topological polar surface area (TPSA) is 75.3 Å². The molecule has 0 saturated heterocycles. The number of imidazole rings is 1. The van der Waals surface area contributed by atoms with Crippen LogP contribution >= 0.6 is 23.2 Å². The highest BCUT2D eigenvalue weighted by Gasteiger charge is 2.22. The third-order valence-corrected chi connectivity index (χ3v) is 6.76. The van der Waals surface area contributed by atoms with Crippen LogP contribution in [-0.4, -0.2) is 35.8 Å². The minimum absolute atomic E-state index is 0.121. The standard InChI is InChI=1S/C18H19Cl2N3O3S/c1-3-23(4-2)27(24,25)12-8-9-15-16(10-12)22-17(21-15)11-26-18-13(19)6-5-7-14(18)20/h5-10H,3-4,11H2,1-2H3,(H,21,22). The van der Waals surface area contributed by atoms with Gasteiger partial charge in [0.2, 0.25) is 10.0 Å². The van der Waals surface area contributed by atoms with Crippen molar-refractivity contribution < 1.29 is 13.2 Å². The van der Waals surface area contributed by atoms with E-state index in [1.807, 2.05) is 13.8 Å². The van der Waals surface area contributed by atoms with Crippen molar-refractivity contribution in [2.75, 3.05) is 13.1 Å². The molecule has 0 aliphatic carbocycles. The van der Waals surface area contributed by atoms with Gasteiger partial charge in [-0.1, -0.05) is 43.1 Å². The fourth-order valence-corrected chi connectivity index (χ4v) is 4.74. The van der Waals surface area contributed by atoms with Crippen LogP contribution in [0.15, 0.2) is 41.3 Å². The molecule has 9 heteroatoms. The number of aromatic nitrogens is 2. The molecule has 0 spiro atoms. The van der Waals surface area contributed by atoms with Gasteiger partial charge in [0.1, 0.15) is 12.4 Å². The number of nitrogens with zero attached hydrogens (tertiary/aromatic N) is 2. The molecule has 0 saturated carbocycles. The van der Waals surface area contributed by atoms with Crippen molar-refractivity contribution in [3.8, 4) is 5.75 Å². The van der Waals surface area contributed by atoms with Gasteiger partial charge in [0.25, 0.3) is 0 Å². The molecular formula is C18H19Cl2N3O3S. The molecule has 144 valence electrons. The van der Waals surface area contributed by atoms with Gasteiger partial charge in [-0.2, -0.15) is 4.31 Å². The number of benzene rings is 2. The average Bonchev–Trinajstić information content (AvgIpc) is 3.04. The first-order valence-electron chi connectivity index (χ1n) is 8.42. The van der Waals surface area contributed by atoms with E-state index in [2.05, 4.69) is 9.97 Å². The summed E-state index contributed by atoms with van der Waals surface area (Å²) in [4.78, 5) is 7.73. The Labute approximate surface area is 168 Å². The molecule has 1 aromatic heterocycles. The Morgan fingerprint density at radius 2 is 1.78 bits per heavy atom. The molecule has 0 amide bonds. The summed E-state index contributed by atoms with van der Waals surface area (Å²) in [7, 11) is -3.53. The van der Waals surface area contributed by atoms with Crippen molar-refractivity contribution >= 4 is 44.3 Å². The van der Waals surface area contributed by atoms with Gasteiger partial charge < -0.3 is 9.72 Å². The highest BCUT2D eigenvalue weighted by molar-refractivity contribution is 7.89. The van der Waals surface area contributed by atoms with Crippen LogP contribution in [0.3, 0.4) is 0 Å². The van der Waals surface area contributed by atoms with E-state index in [1.54, 1.807) is 36.4 Å². The summed E-state index contributed by atoms with van der Waals surface area (Å²) >= 11 is 12.2. The second kappa shape index (κ2) is 8.06. The summed E-state index contributed by atoms with van der Waals surface area (Å²) in [5, 5.41) is 0.817. The van der Waals surface area contributed by atoms with Crippen LogP contribution in [-0.2, 0) is 16.6 Å². The van der Waals surface area contributed by atoms with Crippen LogP contribution in [0, 0.1) is 0 Å². The van der Waals surface area contributed by atoms with Crippen LogP contribution in [0.5, 0.6) is 5.75 Å². The minimum Gasteiger partial charge on any atom is -0.483 e. The number of fused-ring (bicyclic) bond motifs is 1. The molecule has 1 N–H and O–H groups in total. The summed E-state index contributed by atoms with van der Waals surface area (Å²) in [6.07, 6.45) is 0. The molecule has 0 unspecified atom stereocenters. The van der Waals surface area contributed by atoms with Crippen LogP contribution < -0.4 is 4.74 Å². The normalized spacial score (nSPS) is 12.0. The summed E-state index contributed by atoms with van der Waals surface area (Å²) in [5.41, 5.74) is 1.27. The fourth-order valence-electron chi connectivity index (χ4n) is 2.74. The lowest BCUT2D eigenvalue weighted by Gasteiger charge is -2.18. The van der Waals surface area contributed by atoms with Crippen molar-refractivity contribution in [1.82, 2.24) is 14.3 Å². The zero-order chi connectivity index (χ0) is 19.6. The van der Waals surface area contributed by atoms with E-state index in [0.29, 0.717) is 45.7 Å². The van der Waals surface area contributed by atoms with Crippen LogP contribution in [0.2, 0.25) is 10.0 Å². The number of H-pyrrole nitrogens is 1. The third kappa shape index (κ3) is 4.06. The smallest absolute Gasteiger partial charge is 0.243 e. The van der Waals surface area contributed by atoms with E-state index in [4.69, 9.17) is 27.9 Å². The first-order valence-corrected chi connectivity index (χ1v) is 10.6. The second-order valence-electron chi connectivity index (χ2n) is 5.79. The summed E-state index contributed by atoms with van der Waals surface area (Å²) < 4.78 is 32.4. The molecule has 3 aromatic rings. The van der Waals surface area contributed by atoms with E-state index in [1.165, 1.54) is 4.31 Å². The van der Waals surface area contributed by atoms with Gasteiger partial charge in [0, 0.05) is 13.1 Å². The SMILES string of the molecule is CCN(CC)S(=O)(=O)c1ccc2nc(COc3c(Cl)cccc3Cl)[nH]c2c1. The van der Waals surface area contributed by atoms with Crippen molar-refractivity contribution in [2.24, 2.45) is 0 Å². The Kier molecular flexibility index (Phi) is 5.95. The minimum atomic E-state index is -3.53. The van der Waals surface area contributed by atoms with E-state index < -0.39 is 10.0 Å². The van der Waals surface area contributed by atoms with Gasteiger partial charge in [-0.3, -0.25) is 0 Å².